The molecule has 0 spiro atoms. The molecule has 8 nitrogen and oxygen atoms in total. The SMILES string of the molecule is CCS(=O)CCNC(=O)NCCn1cnc(C(=O)O)c1. The lowest BCUT2D eigenvalue weighted by Crippen LogP contribution is -2.38. The van der Waals surface area contributed by atoms with Gasteiger partial charge in [-0.1, -0.05) is 6.92 Å². The van der Waals surface area contributed by atoms with Crippen molar-refractivity contribution in [3.8, 4) is 0 Å². The Labute approximate surface area is 119 Å². The van der Waals surface area contributed by atoms with Crippen LogP contribution < -0.4 is 10.6 Å². The smallest absolute Gasteiger partial charge is 0.356 e. The molecular weight excluding hydrogens is 284 g/mol. The van der Waals surface area contributed by atoms with E-state index in [9.17, 15) is 13.8 Å². The number of carboxylic acid groups (broad SMARTS) is 1. The fraction of sp³-hybridized carbons (Fsp3) is 0.545. The van der Waals surface area contributed by atoms with Crippen LogP contribution in [0.4, 0.5) is 4.79 Å². The van der Waals surface area contributed by atoms with Gasteiger partial charge >= 0.3 is 12.0 Å². The van der Waals surface area contributed by atoms with Crippen LogP contribution in [0.25, 0.3) is 0 Å². The molecule has 0 fully saturated rings. The van der Waals surface area contributed by atoms with Crippen LogP contribution >= 0.6 is 0 Å². The number of hydrogen-bond acceptors (Lipinski definition) is 4. The Bertz CT molecular complexity index is 489. The molecule has 1 aromatic rings. The predicted molar refractivity (Wildman–Crippen MR) is 74.1 cm³/mol. The van der Waals surface area contributed by atoms with Gasteiger partial charge in [-0.2, -0.15) is 0 Å². The molecule has 1 heterocycles. The van der Waals surface area contributed by atoms with E-state index < -0.39 is 16.8 Å². The zero-order valence-electron chi connectivity index (χ0n) is 11.2. The highest BCUT2D eigenvalue weighted by Crippen LogP contribution is 1.95. The summed E-state index contributed by atoms with van der Waals surface area (Å²) in [5.41, 5.74) is -0.0310. The molecule has 0 aliphatic carbocycles. The number of aromatic nitrogens is 2. The second-order valence-electron chi connectivity index (χ2n) is 3.92. The van der Waals surface area contributed by atoms with E-state index in [0.29, 0.717) is 31.1 Å². The molecule has 0 saturated heterocycles. The number of hydrogen-bond donors (Lipinski definition) is 3. The third kappa shape index (κ3) is 5.83. The molecule has 0 aromatic carbocycles. The van der Waals surface area contributed by atoms with Crippen LogP contribution in [0.5, 0.6) is 0 Å². The second-order valence-corrected chi connectivity index (χ2v) is 5.78. The molecule has 2 amide bonds. The lowest BCUT2D eigenvalue weighted by Gasteiger charge is -2.07. The summed E-state index contributed by atoms with van der Waals surface area (Å²) in [6, 6.07) is -0.336. The minimum absolute atomic E-state index is 0.0310. The normalized spacial score (nSPS) is 11.8. The first-order chi connectivity index (χ1) is 9.52. The fourth-order valence-corrected chi connectivity index (χ4v) is 1.99. The third-order valence-electron chi connectivity index (χ3n) is 2.45. The van der Waals surface area contributed by atoms with Gasteiger partial charge in [-0.05, 0) is 0 Å². The number of rotatable bonds is 8. The van der Waals surface area contributed by atoms with Gasteiger partial charge in [0.2, 0.25) is 0 Å². The lowest BCUT2D eigenvalue weighted by molar-refractivity contribution is 0.0691. The molecule has 112 valence electrons. The first kappa shape index (κ1) is 16.2. The number of carbonyl (C=O) groups is 2. The molecule has 1 unspecified atom stereocenters. The van der Waals surface area contributed by atoms with Gasteiger partial charge in [-0.15, -0.1) is 0 Å². The maximum atomic E-state index is 11.4. The van der Waals surface area contributed by atoms with E-state index in [1.807, 2.05) is 6.92 Å². The molecule has 20 heavy (non-hydrogen) atoms. The van der Waals surface area contributed by atoms with Crippen LogP contribution in [0.15, 0.2) is 12.5 Å². The minimum Gasteiger partial charge on any atom is -0.476 e. The molecule has 9 heteroatoms. The van der Waals surface area contributed by atoms with Gasteiger partial charge in [-0.25, -0.2) is 14.6 Å². The molecule has 0 radical (unpaired) electrons. The summed E-state index contributed by atoms with van der Waals surface area (Å²) >= 11 is 0. The third-order valence-corrected chi connectivity index (χ3v) is 3.75. The molecule has 0 aliphatic rings. The number of aromatic carboxylic acids is 1. The quantitative estimate of drug-likeness (QED) is 0.607. The Morgan fingerprint density at radius 2 is 2.10 bits per heavy atom. The van der Waals surface area contributed by atoms with Crippen molar-refractivity contribution in [2.24, 2.45) is 0 Å². The standard InChI is InChI=1S/C11H18N4O4S/c1-2-20(19)6-4-13-11(18)12-3-5-15-7-9(10(16)17)14-8-15/h7-8H,2-6H2,1H3,(H,16,17)(H2,12,13,18). The Morgan fingerprint density at radius 1 is 1.40 bits per heavy atom. The Morgan fingerprint density at radius 3 is 2.70 bits per heavy atom. The zero-order valence-corrected chi connectivity index (χ0v) is 12.0. The number of nitrogens with one attached hydrogen (secondary N) is 2. The van der Waals surface area contributed by atoms with E-state index in [1.54, 1.807) is 4.57 Å². The van der Waals surface area contributed by atoms with E-state index in [0.717, 1.165) is 0 Å². The van der Waals surface area contributed by atoms with Gasteiger partial charge in [-0.3, -0.25) is 4.21 Å². The monoisotopic (exact) mass is 302 g/mol. The van der Waals surface area contributed by atoms with Crippen molar-refractivity contribution in [1.82, 2.24) is 20.2 Å². The summed E-state index contributed by atoms with van der Waals surface area (Å²) in [6.45, 7) is 2.96. The van der Waals surface area contributed by atoms with Gasteiger partial charge in [0.05, 0.1) is 6.33 Å². The van der Waals surface area contributed by atoms with E-state index in [2.05, 4.69) is 15.6 Å². The molecule has 0 saturated carbocycles. The highest BCUT2D eigenvalue weighted by atomic mass is 32.2. The van der Waals surface area contributed by atoms with Crippen molar-refractivity contribution >= 4 is 22.8 Å². The van der Waals surface area contributed by atoms with E-state index in [1.165, 1.54) is 12.5 Å². The van der Waals surface area contributed by atoms with Crippen molar-refractivity contribution in [3.63, 3.8) is 0 Å². The average molecular weight is 302 g/mol. The summed E-state index contributed by atoms with van der Waals surface area (Å²) in [5.74, 6) is -0.0677. The van der Waals surface area contributed by atoms with Crippen LogP contribution in [0.2, 0.25) is 0 Å². The Balaban J connectivity index is 2.18. The zero-order chi connectivity index (χ0) is 15.0. The highest BCUT2D eigenvalue weighted by molar-refractivity contribution is 7.84. The van der Waals surface area contributed by atoms with Crippen molar-refractivity contribution in [2.45, 2.75) is 13.5 Å². The molecule has 1 aromatic heterocycles. The average Bonchev–Trinajstić information content (AvgIpc) is 2.87. The summed E-state index contributed by atoms with van der Waals surface area (Å²) in [5, 5.41) is 13.9. The van der Waals surface area contributed by atoms with E-state index in [4.69, 9.17) is 5.11 Å². The minimum atomic E-state index is -1.08. The van der Waals surface area contributed by atoms with Crippen LogP contribution in [-0.4, -0.2) is 55.5 Å². The predicted octanol–water partition coefficient (Wildman–Crippen LogP) is -0.351. The molecule has 1 rings (SSSR count). The van der Waals surface area contributed by atoms with Crippen LogP contribution in [0.3, 0.4) is 0 Å². The fourth-order valence-electron chi connectivity index (χ4n) is 1.38. The van der Waals surface area contributed by atoms with Gasteiger partial charge < -0.3 is 20.3 Å². The first-order valence-electron chi connectivity index (χ1n) is 6.14. The molecule has 3 N–H and O–H groups in total. The topological polar surface area (TPSA) is 113 Å². The van der Waals surface area contributed by atoms with Gasteiger partial charge in [0.1, 0.15) is 0 Å². The number of urea groups is 1. The number of carboxylic acids is 1. The molecule has 1 atom stereocenters. The summed E-state index contributed by atoms with van der Waals surface area (Å²) in [4.78, 5) is 25.7. The first-order valence-corrected chi connectivity index (χ1v) is 7.63. The molecular formula is C11H18N4O4S. The van der Waals surface area contributed by atoms with Crippen molar-refractivity contribution in [2.75, 3.05) is 24.6 Å². The summed E-state index contributed by atoms with van der Waals surface area (Å²) < 4.78 is 12.7. The van der Waals surface area contributed by atoms with Crippen LogP contribution in [0.1, 0.15) is 17.4 Å². The Hall–Kier alpha value is -1.90. The molecule has 0 bridgehead atoms. The van der Waals surface area contributed by atoms with Crippen molar-refractivity contribution in [1.29, 1.82) is 0 Å². The summed E-state index contributed by atoms with van der Waals surface area (Å²) in [6.07, 6.45) is 2.79. The van der Waals surface area contributed by atoms with E-state index in [-0.39, 0.29) is 11.7 Å². The number of carbonyl (C=O) groups excluding carboxylic acids is 1. The van der Waals surface area contributed by atoms with Gasteiger partial charge in [0.15, 0.2) is 5.69 Å². The Kier molecular flexibility index (Phi) is 6.71. The van der Waals surface area contributed by atoms with Crippen molar-refractivity contribution in [3.05, 3.63) is 18.2 Å². The van der Waals surface area contributed by atoms with E-state index >= 15 is 0 Å². The molecule has 0 aliphatic heterocycles. The summed E-state index contributed by atoms with van der Waals surface area (Å²) in [7, 11) is -0.891. The van der Waals surface area contributed by atoms with Crippen LogP contribution in [0, 0.1) is 0 Å². The maximum Gasteiger partial charge on any atom is 0.356 e. The number of nitrogens with zero attached hydrogens (tertiary/aromatic N) is 2. The number of imidazole rings is 1. The number of amides is 2. The van der Waals surface area contributed by atoms with Crippen molar-refractivity contribution < 1.29 is 18.9 Å². The van der Waals surface area contributed by atoms with Gasteiger partial charge in [0.25, 0.3) is 0 Å². The highest BCUT2D eigenvalue weighted by Gasteiger charge is 2.06. The maximum absolute atomic E-state index is 11.4. The second kappa shape index (κ2) is 8.31. The van der Waals surface area contributed by atoms with Crippen LogP contribution in [-0.2, 0) is 17.3 Å². The lowest BCUT2D eigenvalue weighted by atomic mass is 10.5. The van der Waals surface area contributed by atoms with Gasteiger partial charge in [0, 0.05) is 48.1 Å². The largest absolute Gasteiger partial charge is 0.476 e.